The summed E-state index contributed by atoms with van der Waals surface area (Å²) < 4.78 is 9.18. The van der Waals surface area contributed by atoms with Crippen molar-refractivity contribution in [1.29, 1.82) is 0 Å². The quantitative estimate of drug-likeness (QED) is 0.113. The molecule has 0 aliphatic carbocycles. The molecule has 0 bridgehead atoms. The number of methoxy groups -OCH3 is 2. The maximum absolute atomic E-state index is 13.0. The van der Waals surface area contributed by atoms with E-state index in [4.69, 9.17) is 4.98 Å². The van der Waals surface area contributed by atoms with Crippen molar-refractivity contribution in [3.8, 4) is 33.6 Å². The predicted molar refractivity (Wildman–Crippen MR) is 204 cm³/mol. The molecule has 0 radical (unpaired) electrons. The normalized spacial score (nSPS) is 15.2. The SMILES string of the molecule is CCCN(Cc1ncc(-c2ccc3cc(-c4ccc(-c5cnc(C6[C@H](CC)CCN6C(=O)CNC(=O)OC)[nH]5)cc4)ccc3c2)[nH]1)C(=O)CNC(=O)OC. The van der Waals surface area contributed by atoms with E-state index in [1.807, 2.05) is 13.1 Å². The smallest absolute Gasteiger partial charge is 0.407 e. The molecule has 0 saturated carbocycles. The molecule has 3 aromatic carbocycles. The predicted octanol–water partition coefficient (Wildman–Crippen LogP) is 6.04. The Morgan fingerprint density at radius 3 is 2.09 bits per heavy atom. The Hall–Kier alpha value is -6.18. The van der Waals surface area contributed by atoms with Crippen LogP contribution in [0.3, 0.4) is 0 Å². The van der Waals surface area contributed by atoms with Gasteiger partial charge in [0.1, 0.15) is 24.7 Å². The van der Waals surface area contributed by atoms with E-state index < -0.39 is 12.2 Å². The van der Waals surface area contributed by atoms with Gasteiger partial charge in [0.25, 0.3) is 0 Å². The Kier molecular flexibility index (Phi) is 11.9. The van der Waals surface area contributed by atoms with Crippen molar-refractivity contribution in [3.63, 3.8) is 0 Å². The number of hydrogen-bond acceptors (Lipinski definition) is 8. The standard InChI is InChI=1S/C40H46N8O6/c1-5-16-47(35(49)22-43-39(51)53-3)24-34-41-20-33(45-34)31-14-13-29-18-28(11-12-30(29)19-31)26-7-9-27(10-8-26)32-21-42-38(46-32)37-25(6-2)15-17-48(37)36(50)23-44-40(52)54-4/h7-14,18-21,25,37H,5-6,15-17,22-24H2,1-4H3,(H,41,45)(H,42,46)(H,43,51)(H,44,52)/t25-,37?/m1/s1. The Labute approximate surface area is 313 Å². The lowest BCUT2D eigenvalue weighted by Gasteiger charge is -2.26. The third-order valence-electron chi connectivity index (χ3n) is 9.88. The minimum atomic E-state index is -0.649. The van der Waals surface area contributed by atoms with Gasteiger partial charge in [-0.3, -0.25) is 9.59 Å². The first-order valence-corrected chi connectivity index (χ1v) is 18.2. The highest BCUT2D eigenvalue weighted by Gasteiger charge is 2.39. The number of carbonyl (C=O) groups excluding carboxylic acids is 4. The number of ether oxygens (including phenoxy) is 2. The van der Waals surface area contributed by atoms with Crippen LogP contribution in [0.1, 0.15) is 50.8 Å². The molecule has 4 N–H and O–H groups in total. The molecule has 2 atom stereocenters. The van der Waals surface area contributed by atoms with Crippen molar-refractivity contribution < 1.29 is 28.7 Å². The lowest BCUT2D eigenvalue weighted by Crippen LogP contribution is -2.40. The summed E-state index contributed by atoms with van der Waals surface area (Å²) in [5.74, 6) is 1.27. The number of nitrogens with zero attached hydrogens (tertiary/aromatic N) is 4. The number of H-pyrrole nitrogens is 2. The fraction of sp³-hybridized carbons (Fsp3) is 0.350. The molecule has 4 amide bonds. The number of aromatic amines is 2. The summed E-state index contributed by atoms with van der Waals surface area (Å²) in [7, 11) is 2.53. The van der Waals surface area contributed by atoms with Crippen LogP contribution < -0.4 is 10.6 Å². The summed E-state index contributed by atoms with van der Waals surface area (Å²) in [6.07, 6.45) is 4.84. The zero-order chi connectivity index (χ0) is 38.2. The molecule has 14 heteroatoms. The Bertz CT molecular complexity index is 2110. The summed E-state index contributed by atoms with van der Waals surface area (Å²) in [5, 5.41) is 7.11. The maximum atomic E-state index is 13.0. The van der Waals surface area contributed by atoms with E-state index in [9.17, 15) is 19.2 Å². The molecule has 6 rings (SSSR count). The first-order valence-electron chi connectivity index (χ1n) is 18.2. The van der Waals surface area contributed by atoms with Gasteiger partial charge in [-0.15, -0.1) is 0 Å². The number of imidazole rings is 2. The molecular formula is C40H46N8O6. The molecule has 5 aromatic rings. The minimum Gasteiger partial charge on any atom is -0.453 e. The van der Waals surface area contributed by atoms with Gasteiger partial charge < -0.3 is 39.9 Å². The number of nitrogens with one attached hydrogen (secondary N) is 4. The highest BCUT2D eigenvalue weighted by Crippen LogP contribution is 2.39. The van der Waals surface area contributed by atoms with Crippen LogP contribution in [-0.2, 0) is 25.6 Å². The molecule has 1 aliphatic rings. The summed E-state index contributed by atoms with van der Waals surface area (Å²) in [6, 6.07) is 20.8. The van der Waals surface area contributed by atoms with E-state index in [1.54, 1.807) is 16.0 Å². The second-order valence-electron chi connectivity index (χ2n) is 13.3. The molecule has 54 heavy (non-hydrogen) atoms. The molecule has 1 fully saturated rings. The monoisotopic (exact) mass is 734 g/mol. The van der Waals surface area contributed by atoms with Crippen LogP contribution in [0, 0.1) is 5.92 Å². The number of rotatable bonds is 13. The molecule has 14 nitrogen and oxygen atoms in total. The number of carbonyl (C=O) groups is 4. The summed E-state index contributed by atoms with van der Waals surface area (Å²) in [6.45, 7) is 5.27. The Morgan fingerprint density at radius 2 is 1.41 bits per heavy atom. The van der Waals surface area contributed by atoms with Crippen LogP contribution in [0.5, 0.6) is 0 Å². The van der Waals surface area contributed by atoms with Gasteiger partial charge in [-0.25, -0.2) is 19.6 Å². The van der Waals surface area contributed by atoms with Gasteiger partial charge in [0.05, 0.1) is 50.6 Å². The van der Waals surface area contributed by atoms with Gasteiger partial charge in [0.2, 0.25) is 11.8 Å². The molecule has 0 spiro atoms. The van der Waals surface area contributed by atoms with Gasteiger partial charge >= 0.3 is 12.2 Å². The number of alkyl carbamates (subject to hydrolysis) is 2. The van der Waals surface area contributed by atoms with Gasteiger partial charge in [-0.2, -0.15) is 0 Å². The van der Waals surface area contributed by atoms with Crippen LogP contribution in [0.4, 0.5) is 9.59 Å². The van der Waals surface area contributed by atoms with Crippen molar-refractivity contribution in [2.75, 3.05) is 40.4 Å². The fourth-order valence-corrected chi connectivity index (χ4v) is 6.99. The molecule has 1 aliphatic heterocycles. The maximum Gasteiger partial charge on any atom is 0.407 e. The molecule has 2 aromatic heterocycles. The highest BCUT2D eigenvalue weighted by molar-refractivity contribution is 5.90. The van der Waals surface area contributed by atoms with Crippen LogP contribution in [0.2, 0.25) is 0 Å². The van der Waals surface area contributed by atoms with Crippen LogP contribution in [-0.4, -0.2) is 94.1 Å². The molecule has 1 saturated heterocycles. The van der Waals surface area contributed by atoms with E-state index in [0.29, 0.717) is 25.5 Å². The Balaban J connectivity index is 1.12. The summed E-state index contributed by atoms with van der Waals surface area (Å²) >= 11 is 0. The van der Waals surface area contributed by atoms with E-state index >= 15 is 0 Å². The van der Waals surface area contributed by atoms with Gasteiger partial charge in [0.15, 0.2) is 0 Å². The number of hydrogen-bond donors (Lipinski definition) is 4. The van der Waals surface area contributed by atoms with E-state index in [0.717, 1.165) is 69.5 Å². The third kappa shape index (κ3) is 8.54. The highest BCUT2D eigenvalue weighted by atomic mass is 16.5. The van der Waals surface area contributed by atoms with Crippen molar-refractivity contribution in [3.05, 3.63) is 84.7 Å². The average Bonchev–Trinajstić information content (AvgIpc) is 3.98. The van der Waals surface area contributed by atoms with Gasteiger partial charge in [-0.05, 0) is 58.4 Å². The van der Waals surface area contributed by atoms with Crippen LogP contribution >= 0.6 is 0 Å². The van der Waals surface area contributed by atoms with Crippen molar-refractivity contribution in [1.82, 2.24) is 40.4 Å². The zero-order valence-electron chi connectivity index (χ0n) is 31.0. The first kappa shape index (κ1) is 37.6. The molecule has 1 unspecified atom stereocenters. The fourth-order valence-electron chi connectivity index (χ4n) is 6.99. The second kappa shape index (κ2) is 17.1. The number of likely N-dealkylation sites (tertiary alicyclic amines) is 1. The summed E-state index contributed by atoms with van der Waals surface area (Å²) in [4.78, 5) is 68.2. The van der Waals surface area contributed by atoms with Gasteiger partial charge in [-0.1, -0.05) is 68.8 Å². The zero-order valence-corrected chi connectivity index (χ0v) is 31.0. The minimum absolute atomic E-state index is 0.126. The van der Waals surface area contributed by atoms with Crippen molar-refractivity contribution in [2.45, 2.75) is 45.7 Å². The number of fused-ring (bicyclic) bond motifs is 1. The molecule has 3 heterocycles. The van der Waals surface area contributed by atoms with Crippen LogP contribution in [0.15, 0.2) is 73.1 Å². The molecule has 282 valence electrons. The second-order valence-corrected chi connectivity index (χ2v) is 13.3. The van der Waals surface area contributed by atoms with E-state index in [2.05, 4.69) is 103 Å². The first-order chi connectivity index (χ1) is 26.2. The van der Waals surface area contributed by atoms with E-state index in [1.165, 1.54) is 14.2 Å². The number of amides is 4. The lowest BCUT2D eigenvalue weighted by atomic mass is 9.97. The topological polar surface area (TPSA) is 175 Å². The van der Waals surface area contributed by atoms with E-state index in [-0.39, 0.29) is 36.9 Å². The van der Waals surface area contributed by atoms with Crippen molar-refractivity contribution >= 4 is 34.8 Å². The number of benzene rings is 3. The largest absolute Gasteiger partial charge is 0.453 e. The summed E-state index contributed by atoms with van der Waals surface area (Å²) in [5.41, 5.74) is 5.84. The average molecular weight is 735 g/mol. The lowest BCUT2D eigenvalue weighted by molar-refractivity contribution is -0.132. The number of aromatic nitrogens is 4. The van der Waals surface area contributed by atoms with Crippen LogP contribution in [0.25, 0.3) is 44.4 Å². The third-order valence-corrected chi connectivity index (χ3v) is 9.88. The van der Waals surface area contributed by atoms with Crippen molar-refractivity contribution in [2.24, 2.45) is 5.92 Å². The molecular weight excluding hydrogens is 688 g/mol. The van der Waals surface area contributed by atoms with Gasteiger partial charge in [0, 0.05) is 18.7 Å². The Morgan fingerprint density at radius 1 is 0.796 bits per heavy atom.